The second-order valence-corrected chi connectivity index (χ2v) is 5.29. The molecule has 0 aliphatic heterocycles. The van der Waals surface area contributed by atoms with Crippen molar-refractivity contribution >= 4 is 46.0 Å². The van der Waals surface area contributed by atoms with Crippen molar-refractivity contribution in [2.75, 3.05) is 5.32 Å². The maximum Gasteiger partial charge on any atom is 0.332 e. The van der Waals surface area contributed by atoms with E-state index >= 15 is 0 Å². The van der Waals surface area contributed by atoms with E-state index in [2.05, 4.69) is 20.8 Å². The number of nitrogens with one attached hydrogen (secondary N) is 2. The summed E-state index contributed by atoms with van der Waals surface area (Å²) >= 11 is 7.29. The molecule has 2 aromatic rings. The summed E-state index contributed by atoms with van der Waals surface area (Å²) in [6.45, 7) is 2.02. The van der Waals surface area contributed by atoms with Crippen LogP contribution in [-0.4, -0.2) is 17.2 Å². The molecule has 0 aliphatic rings. The van der Waals surface area contributed by atoms with Gasteiger partial charge in [-0.3, -0.25) is 0 Å². The third-order valence-electron chi connectivity index (χ3n) is 2.27. The molecule has 0 saturated carbocycles. The molecule has 20 heavy (non-hydrogen) atoms. The van der Waals surface area contributed by atoms with Crippen molar-refractivity contribution in [1.82, 2.24) is 10.4 Å². The molecule has 6 nitrogen and oxygen atoms in total. The fraction of sp³-hybridized carbons (Fsp3) is 0.0833. The van der Waals surface area contributed by atoms with Gasteiger partial charge in [-0.1, -0.05) is 40.6 Å². The minimum absolute atomic E-state index is 0.305. The molecule has 0 aliphatic carbocycles. The molecule has 2 rings (SSSR count). The van der Waals surface area contributed by atoms with Crippen LogP contribution in [0.2, 0.25) is 5.15 Å². The summed E-state index contributed by atoms with van der Waals surface area (Å²) in [5.41, 5.74) is 9.08. The second-order valence-electron chi connectivity index (χ2n) is 3.90. The third kappa shape index (κ3) is 3.94. The van der Waals surface area contributed by atoms with Crippen molar-refractivity contribution in [2.24, 2.45) is 10.8 Å². The lowest BCUT2D eigenvalue weighted by molar-refractivity contribution is 0.249. The number of urea groups is 1. The largest absolute Gasteiger partial charge is 0.350 e. The highest BCUT2D eigenvalue weighted by Crippen LogP contribution is 2.27. The van der Waals surface area contributed by atoms with Gasteiger partial charge in [-0.2, -0.15) is 5.10 Å². The summed E-state index contributed by atoms with van der Waals surface area (Å²) in [4.78, 5) is 15.3. The Morgan fingerprint density at radius 2 is 2.15 bits per heavy atom. The Morgan fingerprint density at radius 1 is 1.45 bits per heavy atom. The summed E-state index contributed by atoms with van der Waals surface area (Å²) in [5.74, 6) is 0. The smallest absolute Gasteiger partial charge is 0.332 e. The van der Waals surface area contributed by atoms with Gasteiger partial charge in [0, 0.05) is 5.69 Å². The van der Waals surface area contributed by atoms with Gasteiger partial charge in [0.25, 0.3) is 0 Å². The van der Waals surface area contributed by atoms with Gasteiger partial charge in [-0.05, 0) is 19.1 Å². The van der Waals surface area contributed by atoms with E-state index in [4.69, 9.17) is 17.3 Å². The zero-order chi connectivity index (χ0) is 14.5. The maximum atomic E-state index is 10.5. The number of halogens is 1. The molecule has 2 amide bonds. The quantitative estimate of drug-likeness (QED) is 0.599. The first-order valence-corrected chi connectivity index (χ1v) is 6.82. The SMILES string of the molecule is Cc1ccc(Nc2nc(Cl)c(/C=N/NC(N)=O)s2)cc1. The van der Waals surface area contributed by atoms with Crippen molar-refractivity contribution in [3.63, 3.8) is 0 Å². The van der Waals surface area contributed by atoms with Gasteiger partial charge < -0.3 is 11.1 Å². The molecular formula is C12H12ClN5OS. The summed E-state index contributed by atoms with van der Waals surface area (Å²) < 4.78 is 0. The lowest BCUT2D eigenvalue weighted by Gasteiger charge is -2.01. The van der Waals surface area contributed by atoms with Crippen molar-refractivity contribution in [3.05, 3.63) is 39.9 Å². The summed E-state index contributed by atoms with van der Waals surface area (Å²) in [6.07, 6.45) is 1.39. The van der Waals surface area contributed by atoms with Gasteiger partial charge in [0.2, 0.25) is 0 Å². The number of hydrazone groups is 1. The minimum atomic E-state index is -0.736. The maximum absolute atomic E-state index is 10.5. The Morgan fingerprint density at radius 3 is 2.80 bits per heavy atom. The van der Waals surface area contributed by atoms with Crippen LogP contribution < -0.4 is 16.5 Å². The van der Waals surface area contributed by atoms with Gasteiger partial charge in [-0.25, -0.2) is 15.2 Å². The van der Waals surface area contributed by atoms with Gasteiger partial charge in [0.1, 0.15) is 0 Å². The van der Waals surface area contributed by atoms with E-state index in [1.165, 1.54) is 23.1 Å². The van der Waals surface area contributed by atoms with E-state index in [0.29, 0.717) is 15.2 Å². The highest BCUT2D eigenvalue weighted by molar-refractivity contribution is 7.17. The first kappa shape index (κ1) is 14.3. The predicted molar refractivity (Wildman–Crippen MR) is 81.9 cm³/mol. The van der Waals surface area contributed by atoms with Crippen molar-refractivity contribution in [3.8, 4) is 0 Å². The number of benzene rings is 1. The van der Waals surface area contributed by atoms with Crippen LogP contribution in [0.15, 0.2) is 29.4 Å². The fourth-order valence-electron chi connectivity index (χ4n) is 1.36. The molecule has 1 heterocycles. The number of carbonyl (C=O) groups is 1. The lowest BCUT2D eigenvalue weighted by Crippen LogP contribution is -2.24. The van der Waals surface area contributed by atoms with Crippen molar-refractivity contribution in [2.45, 2.75) is 6.92 Å². The van der Waals surface area contributed by atoms with E-state index in [0.717, 1.165) is 5.69 Å². The Balaban J connectivity index is 2.08. The molecule has 0 bridgehead atoms. The molecule has 0 spiro atoms. The highest BCUT2D eigenvalue weighted by atomic mass is 35.5. The van der Waals surface area contributed by atoms with Crippen molar-refractivity contribution in [1.29, 1.82) is 0 Å². The van der Waals surface area contributed by atoms with Crippen LogP contribution in [0.3, 0.4) is 0 Å². The highest BCUT2D eigenvalue weighted by Gasteiger charge is 2.07. The topological polar surface area (TPSA) is 92.4 Å². The van der Waals surface area contributed by atoms with Crippen molar-refractivity contribution < 1.29 is 4.79 Å². The zero-order valence-electron chi connectivity index (χ0n) is 10.6. The molecule has 1 aromatic heterocycles. The van der Waals surface area contributed by atoms with E-state index < -0.39 is 6.03 Å². The number of hydrogen-bond acceptors (Lipinski definition) is 5. The predicted octanol–water partition coefficient (Wildman–Crippen LogP) is 2.85. The van der Waals surface area contributed by atoms with Crippen LogP contribution in [0.4, 0.5) is 15.6 Å². The number of rotatable bonds is 4. The Bertz CT molecular complexity index is 638. The molecular weight excluding hydrogens is 298 g/mol. The van der Waals surface area contributed by atoms with Gasteiger partial charge in [-0.15, -0.1) is 0 Å². The number of aryl methyl sites for hydroxylation is 1. The van der Waals surface area contributed by atoms with Crippen LogP contribution in [0, 0.1) is 6.92 Å². The summed E-state index contributed by atoms with van der Waals surface area (Å²) in [5, 5.41) is 7.73. The average molecular weight is 310 g/mol. The Kier molecular flexibility index (Phi) is 4.54. The Hall–Kier alpha value is -2.12. The van der Waals surface area contributed by atoms with Crippen LogP contribution in [0.25, 0.3) is 0 Å². The van der Waals surface area contributed by atoms with Gasteiger partial charge in [0.15, 0.2) is 10.3 Å². The number of thiazole rings is 1. The molecule has 0 atom stereocenters. The first-order valence-electron chi connectivity index (χ1n) is 5.63. The van der Waals surface area contributed by atoms with E-state index in [1.807, 2.05) is 31.2 Å². The number of amides is 2. The fourth-order valence-corrected chi connectivity index (χ4v) is 2.41. The third-order valence-corrected chi connectivity index (χ3v) is 3.57. The second kappa shape index (κ2) is 6.36. The van der Waals surface area contributed by atoms with Crippen LogP contribution in [0.5, 0.6) is 0 Å². The number of nitrogens with two attached hydrogens (primary N) is 1. The molecule has 0 unspecified atom stereocenters. The normalized spacial score (nSPS) is 10.7. The number of carbonyl (C=O) groups excluding carboxylic acids is 1. The molecule has 1 aromatic carbocycles. The molecule has 104 valence electrons. The monoisotopic (exact) mass is 309 g/mol. The standard InChI is InChI=1S/C12H12ClN5OS/c1-7-2-4-8(5-3-7)16-12-17-10(13)9(20-12)6-15-18-11(14)19/h2-6H,1H3,(H,16,17)(H3,14,18,19)/b15-6+. The van der Waals surface area contributed by atoms with Gasteiger partial charge in [0.05, 0.1) is 11.1 Å². The summed E-state index contributed by atoms with van der Waals surface area (Å²) in [6, 6.07) is 7.16. The van der Waals surface area contributed by atoms with E-state index in [9.17, 15) is 4.79 Å². The molecule has 0 saturated heterocycles. The Labute approximate surface area is 124 Å². The summed E-state index contributed by atoms with van der Waals surface area (Å²) in [7, 11) is 0. The number of primary amides is 1. The van der Waals surface area contributed by atoms with Crippen LogP contribution in [0.1, 0.15) is 10.4 Å². The zero-order valence-corrected chi connectivity index (χ0v) is 12.1. The van der Waals surface area contributed by atoms with E-state index in [-0.39, 0.29) is 0 Å². The molecule has 0 radical (unpaired) electrons. The van der Waals surface area contributed by atoms with Crippen LogP contribution in [-0.2, 0) is 0 Å². The first-order chi connectivity index (χ1) is 9.54. The minimum Gasteiger partial charge on any atom is -0.350 e. The number of hydrogen-bond donors (Lipinski definition) is 3. The lowest BCUT2D eigenvalue weighted by atomic mass is 10.2. The van der Waals surface area contributed by atoms with Crippen LogP contribution >= 0.6 is 22.9 Å². The average Bonchev–Trinajstić information content (AvgIpc) is 2.72. The number of anilines is 2. The molecule has 4 N–H and O–H groups in total. The number of aromatic nitrogens is 1. The van der Waals surface area contributed by atoms with Gasteiger partial charge >= 0.3 is 6.03 Å². The molecule has 8 heteroatoms. The number of nitrogens with zero attached hydrogens (tertiary/aromatic N) is 2. The molecule has 0 fully saturated rings. The van der Waals surface area contributed by atoms with E-state index in [1.54, 1.807) is 0 Å².